The molecule has 0 fully saturated rings. The molecule has 0 radical (unpaired) electrons. The van der Waals surface area contributed by atoms with Gasteiger partial charge in [0.05, 0.1) is 22.5 Å². The average molecular weight is 326 g/mol. The Hall–Kier alpha value is -2.40. The molecule has 2 aromatic carbocycles. The predicted octanol–water partition coefficient (Wildman–Crippen LogP) is 5.14. The van der Waals surface area contributed by atoms with Gasteiger partial charge in [-0.1, -0.05) is 18.3 Å². The highest BCUT2D eigenvalue weighted by Gasteiger charge is 2.11. The number of fused-ring (bicyclic) bond motifs is 3. The maximum Gasteiger partial charge on any atom is 0.195 e. The van der Waals surface area contributed by atoms with E-state index in [9.17, 15) is 4.39 Å². The zero-order chi connectivity index (χ0) is 15.8. The topological polar surface area (TPSA) is 26.5 Å². The first-order valence-corrected chi connectivity index (χ1v) is 8.36. The quantitative estimate of drug-likeness (QED) is 0.519. The smallest absolute Gasteiger partial charge is 0.195 e. The zero-order valence-electron chi connectivity index (χ0n) is 12.6. The minimum absolute atomic E-state index is 0.236. The molecule has 0 saturated heterocycles. The average Bonchev–Trinajstić information content (AvgIpc) is 3.10. The van der Waals surface area contributed by atoms with E-state index in [2.05, 4.69) is 28.4 Å². The van der Waals surface area contributed by atoms with Crippen LogP contribution in [0, 0.1) is 5.82 Å². The Morgan fingerprint density at radius 2 is 2.00 bits per heavy atom. The highest BCUT2D eigenvalue weighted by molar-refractivity contribution is 7.23. The van der Waals surface area contributed by atoms with Gasteiger partial charge in [0.15, 0.2) is 4.96 Å². The second-order valence-corrected chi connectivity index (χ2v) is 6.37. The van der Waals surface area contributed by atoms with Crippen molar-refractivity contribution in [2.45, 2.75) is 13.3 Å². The van der Waals surface area contributed by atoms with E-state index >= 15 is 0 Å². The summed E-state index contributed by atoms with van der Waals surface area (Å²) in [5.74, 6) is 0.655. The molecular formula is C18H15FN2OS. The van der Waals surface area contributed by atoms with Crippen LogP contribution in [0.4, 0.5) is 4.39 Å². The van der Waals surface area contributed by atoms with Gasteiger partial charge in [-0.2, -0.15) is 0 Å². The van der Waals surface area contributed by atoms with Crippen molar-refractivity contribution in [3.05, 3.63) is 54.5 Å². The van der Waals surface area contributed by atoms with Crippen LogP contribution in [-0.2, 0) is 0 Å². The van der Waals surface area contributed by atoms with Gasteiger partial charge < -0.3 is 4.74 Å². The maximum absolute atomic E-state index is 13.0. The number of thiazole rings is 1. The minimum Gasteiger partial charge on any atom is -0.494 e. The van der Waals surface area contributed by atoms with Crippen molar-refractivity contribution >= 4 is 26.5 Å². The van der Waals surface area contributed by atoms with Crippen LogP contribution >= 0.6 is 11.3 Å². The van der Waals surface area contributed by atoms with E-state index in [0.717, 1.165) is 45.2 Å². The van der Waals surface area contributed by atoms with Crippen molar-refractivity contribution in [1.82, 2.24) is 9.38 Å². The van der Waals surface area contributed by atoms with Gasteiger partial charge in [-0.15, -0.1) is 0 Å². The number of rotatable bonds is 4. The summed E-state index contributed by atoms with van der Waals surface area (Å²) in [6.07, 6.45) is 2.99. The van der Waals surface area contributed by atoms with Gasteiger partial charge in [-0.05, 0) is 48.9 Å². The van der Waals surface area contributed by atoms with E-state index in [1.807, 2.05) is 12.3 Å². The van der Waals surface area contributed by atoms with E-state index in [1.165, 1.54) is 12.1 Å². The maximum atomic E-state index is 13.0. The standard InChI is InChI=1S/C18H15FN2OS/c1-2-9-22-14-7-8-16-17(10-14)23-18-20-15(11-21(16)18)12-3-5-13(19)6-4-12/h3-8,10-11H,2,9H2,1H3. The van der Waals surface area contributed by atoms with Gasteiger partial charge >= 0.3 is 0 Å². The molecule has 0 aliphatic carbocycles. The number of hydrogen-bond donors (Lipinski definition) is 0. The molecular weight excluding hydrogens is 311 g/mol. The first-order valence-electron chi connectivity index (χ1n) is 7.55. The van der Waals surface area contributed by atoms with E-state index in [1.54, 1.807) is 23.5 Å². The molecule has 116 valence electrons. The fraction of sp³-hybridized carbons (Fsp3) is 0.167. The molecule has 4 rings (SSSR count). The van der Waals surface area contributed by atoms with Crippen molar-refractivity contribution in [1.29, 1.82) is 0 Å². The summed E-state index contributed by atoms with van der Waals surface area (Å²) in [5.41, 5.74) is 2.87. The normalized spacial score (nSPS) is 11.4. The Balaban J connectivity index is 1.76. The zero-order valence-corrected chi connectivity index (χ0v) is 13.4. The first-order chi connectivity index (χ1) is 11.2. The summed E-state index contributed by atoms with van der Waals surface area (Å²) < 4.78 is 21.9. The SMILES string of the molecule is CCCOc1ccc2c(c1)sc1nc(-c3ccc(F)cc3)cn12. The number of aromatic nitrogens is 2. The summed E-state index contributed by atoms with van der Waals surface area (Å²) in [4.78, 5) is 5.58. The number of imidazole rings is 1. The lowest BCUT2D eigenvalue weighted by molar-refractivity contribution is 0.318. The summed E-state index contributed by atoms with van der Waals surface area (Å²) in [7, 11) is 0. The summed E-state index contributed by atoms with van der Waals surface area (Å²) in [5, 5.41) is 0. The molecule has 3 nitrogen and oxygen atoms in total. The van der Waals surface area contributed by atoms with Crippen molar-refractivity contribution in [3.63, 3.8) is 0 Å². The lowest BCUT2D eigenvalue weighted by Crippen LogP contribution is -1.94. The molecule has 0 unspecified atom stereocenters. The van der Waals surface area contributed by atoms with Crippen LogP contribution in [0.3, 0.4) is 0 Å². The van der Waals surface area contributed by atoms with Gasteiger partial charge in [-0.25, -0.2) is 9.37 Å². The molecule has 23 heavy (non-hydrogen) atoms. The van der Waals surface area contributed by atoms with Crippen molar-refractivity contribution in [2.24, 2.45) is 0 Å². The van der Waals surface area contributed by atoms with Crippen LogP contribution in [0.25, 0.3) is 26.4 Å². The first kappa shape index (κ1) is 14.2. The highest BCUT2D eigenvalue weighted by Crippen LogP contribution is 2.31. The van der Waals surface area contributed by atoms with Crippen LogP contribution < -0.4 is 4.74 Å². The molecule has 0 aliphatic rings. The third-order valence-electron chi connectivity index (χ3n) is 3.68. The number of halogens is 1. The van der Waals surface area contributed by atoms with Crippen molar-refractivity contribution in [3.8, 4) is 17.0 Å². The molecule has 2 aromatic heterocycles. The Bertz CT molecular complexity index is 972. The Morgan fingerprint density at radius 3 is 2.78 bits per heavy atom. The Labute approximate surface area is 137 Å². The number of benzene rings is 2. The van der Waals surface area contributed by atoms with E-state index < -0.39 is 0 Å². The number of nitrogens with zero attached hydrogens (tertiary/aromatic N) is 2. The van der Waals surface area contributed by atoms with E-state index in [4.69, 9.17) is 4.74 Å². The van der Waals surface area contributed by atoms with Gasteiger partial charge in [-0.3, -0.25) is 4.40 Å². The third-order valence-corrected chi connectivity index (χ3v) is 4.70. The molecule has 0 amide bonds. The van der Waals surface area contributed by atoms with Gasteiger partial charge in [0.1, 0.15) is 11.6 Å². The molecule has 0 saturated carbocycles. The van der Waals surface area contributed by atoms with Gasteiger partial charge in [0.25, 0.3) is 0 Å². The van der Waals surface area contributed by atoms with E-state index in [0.29, 0.717) is 0 Å². The summed E-state index contributed by atoms with van der Waals surface area (Å²) in [6.45, 7) is 2.82. The number of hydrogen-bond acceptors (Lipinski definition) is 3. The molecule has 0 bridgehead atoms. The fourth-order valence-electron chi connectivity index (χ4n) is 2.55. The van der Waals surface area contributed by atoms with Crippen molar-refractivity contribution in [2.75, 3.05) is 6.61 Å². The molecule has 0 N–H and O–H groups in total. The third kappa shape index (κ3) is 2.57. The number of ether oxygens (including phenoxy) is 1. The fourth-order valence-corrected chi connectivity index (χ4v) is 3.59. The molecule has 0 spiro atoms. The second-order valence-electron chi connectivity index (χ2n) is 5.37. The van der Waals surface area contributed by atoms with Gasteiger partial charge in [0.2, 0.25) is 0 Å². The van der Waals surface area contributed by atoms with Crippen LogP contribution in [0.1, 0.15) is 13.3 Å². The predicted molar refractivity (Wildman–Crippen MR) is 91.8 cm³/mol. The van der Waals surface area contributed by atoms with Gasteiger partial charge in [0, 0.05) is 11.8 Å². The van der Waals surface area contributed by atoms with Crippen molar-refractivity contribution < 1.29 is 9.13 Å². The summed E-state index contributed by atoms with van der Waals surface area (Å²) in [6, 6.07) is 12.5. The molecule has 5 heteroatoms. The van der Waals surface area contributed by atoms with Crippen LogP contribution in [0.15, 0.2) is 48.7 Å². The molecule has 2 heterocycles. The monoisotopic (exact) mass is 326 g/mol. The molecule has 4 aromatic rings. The lowest BCUT2D eigenvalue weighted by Gasteiger charge is -2.03. The minimum atomic E-state index is -0.236. The van der Waals surface area contributed by atoms with Crippen LogP contribution in [-0.4, -0.2) is 16.0 Å². The highest BCUT2D eigenvalue weighted by atomic mass is 32.1. The van der Waals surface area contributed by atoms with E-state index in [-0.39, 0.29) is 5.82 Å². The lowest BCUT2D eigenvalue weighted by atomic mass is 10.2. The molecule has 0 aliphatic heterocycles. The van der Waals surface area contributed by atoms with Crippen LogP contribution in [0.5, 0.6) is 5.75 Å². The largest absolute Gasteiger partial charge is 0.494 e. The second kappa shape index (κ2) is 5.66. The Kier molecular flexibility index (Phi) is 3.50. The Morgan fingerprint density at radius 1 is 1.17 bits per heavy atom. The molecule has 0 atom stereocenters. The summed E-state index contributed by atoms with van der Waals surface area (Å²) >= 11 is 1.63. The van der Waals surface area contributed by atoms with Crippen LogP contribution in [0.2, 0.25) is 0 Å².